The molecule has 0 amide bonds. The van der Waals surface area contributed by atoms with Crippen LogP contribution in [0, 0.1) is 5.92 Å². The first-order valence-electron chi connectivity index (χ1n) is 4.57. The maximum atomic E-state index is 6.06. The molecule has 0 aliphatic carbocycles. The summed E-state index contributed by atoms with van der Waals surface area (Å²) in [5.74, 6) is 2.09. The third-order valence-electron chi connectivity index (χ3n) is 2.19. The Balaban J connectivity index is 2.22. The van der Waals surface area contributed by atoms with Crippen molar-refractivity contribution in [3.8, 4) is 0 Å². The van der Waals surface area contributed by atoms with E-state index >= 15 is 0 Å². The molecule has 1 saturated heterocycles. The maximum Gasteiger partial charge on any atom is 0.0199 e. The van der Waals surface area contributed by atoms with Gasteiger partial charge in [0.25, 0.3) is 0 Å². The molecule has 1 fully saturated rings. The lowest BCUT2D eigenvalue weighted by Gasteiger charge is -2.19. The minimum Gasteiger partial charge on any atom is -0.327 e. The summed E-state index contributed by atoms with van der Waals surface area (Å²) in [4.78, 5) is 0. The lowest BCUT2D eigenvalue weighted by Crippen LogP contribution is -2.32. The highest BCUT2D eigenvalue weighted by Crippen LogP contribution is 2.29. The van der Waals surface area contributed by atoms with Crippen molar-refractivity contribution in [2.45, 2.75) is 44.4 Å². The molecule has 0 aromatic carbocycles. The van der Waals surface area contributed by atoms with Crippen LogP contribution in [0.1, 0.15) is 33.1 Å². The van der Waals surface area contributed by atoms with Gasteiger partial charge in [-0.1, -0.05) is 13.8 Å². The molecule has 11 heavy (non-hydrogen) atoms. The second kappa shape index (κ2) is 4.36. The molecule has 2 atom stereocenters. The van der Waals surface area contributed by atoms with Crippen LogP contribution in [0.2, 0.25) is 0 Å². The molecule has 1 nitrogen and oxygen atoms in total. The first-order chi connectivity index (χ1) is 5.20. The number of thioether (sulfide) groups is 1. The average Bonchev–Trinajstić information content (AvgIpc) is 2.35. The lowest BCUT2D eigenvalue weighted by molar-refractivity contribution is 0.477. The average molecular weight is 173 g/mol. The Labute approximate surface area is 74.1 Å². The monoisotopic (exact) mass is 173 g/mol. The van der Waals surface area contributed by atoms with Crippen molar-refractivity contribution in [2.75, 3.05) is 5.75 Å². The van der Waals surface area contributed by atoms with Gasteiger partial charge in [-0.25, -0.2) is 0 Å². The van der Waals surface area contributed by atoms with Crippen LogP contribution in [0.15, 0.2) is 0 Å². The standard InChI is InChI=1S/C9H19NS/c1-7(2)6-8(10)9-4-3-5-11-9/h7-9H,3-6,10H2,1-2H3. The normalized spacial score (nSPS) is 27.8. The van der Waals surface area contributed by atoms with Gasteiger partial charge in [0.15, 0.2) is 0 Å². The molecular weight excluding hydrogens is 154 g/mol. The minimum absolute atomic E-state index is 0.447. The zero-order valence-electron chi connectivity index (χ0n) is 7.55. The fourth-order valence-electron chi connectivity index (χ4n) is 1.64. The highest BCUT2D eigenvalue weighted by Gasteiger charge is 2.22. The third-order valence-corrected chi connectivity index (χ3v) is 3.72. The highest BCUT2D eigenvalue weighted by molar-refractivity contribution is 8.00. The summed E-state index contributed by atoms with van der Waals surface area (Å²) >= 11 is 2.07. The molecule has 0 aromatic heterocycles. The van der Waals surface area contributed by atoms with Gasteiger partial charge in [0, 0.05) is 11.3 Å². The summed E-state index contributed by atoms with van der Waals surface area (Å²) in [6.07, 6.45) is 3.91. The Hall–Kier alpha value is 0.310. The third kappa shape index (κ3) is 3.04. The van der Waals surface area contributed by atoms with E-state index in [1.54, 1.807) is 0 Å². The van der Waals surface area contributed by atoms with Gasteiger partial charge in [0.2, 0.25) is 0 Å². The van der Waals surface area contributed by atoms with Crippen molar-refractivity contribution in [3.63, 3.8) is 0 Å². The quantitative estimate of drug-likeness (QED) is 0.708. The number of hydrogen-bond acceptors (Lipinski definition) is 2. The van der Waals surface area contributed by atoms with Crippen molar-refractivity contribution in [2.24, 2.45) is 11.7 Å². The topological polar surface area (TPSA) is 26.0 Å². The van der Waals surface area contributed by atoms with Gasteiger partial charge in [-0.3, -0.25) is 0 Å². The van der Waals surface area contributed by atoms with Crippen LogP contribution in [-0.4, -0.2) is 17.0 Å². The highest BCUT2D eigenvalue weighted by atomic mass is 32.2. The molecule has 2 heteroatoms. The van der Waals surface area contributed by atoms with E-state index < -0.39 is 0 Å². The zero-order valence-corrected chi connectivity index (χ0v) is 8.36. The van der Waals surface area contributed by atoms with Crippen LogP contribution in [0.3, 0.4) is 0 Å². The fraction of sp³-hybridized carbons (Fsp3) is 1.00. The van der Waals surface area contributed by atoms with Crippen molar-refractivity contribution < 1.29 is 0 Å². The smallest absolute Gasteiger partial charge is 0.0199 e. The van der Waals surface area contributed by atoms with Crippen LogP contribution in [-0.2, 0) is 0 Å². The predicted octanol–water partition coefficient (Wildman–Crippen LogP) is 2.26. The molecule has 0 aromatic rings. The maximum absolute atomic E-state index is 6.06. The molecule has 66 valence electrons. The van der Waals surface area contributed by atoms with Gasteiger partial charge >= 0.3 is 0 Å². The molecule has 0 radical (unpaired) electrons. The summed E-state index contributed by atoms with van der Waals surface area (Å²) in [6.45, 7) is 4.50. The van der Waals surface area contributed by atoms with Crippen LogP contribution in [0.5, 0.6) is 0 Å². The van der Waals surface area contributed by atoms with Gasteiger partial charge in [0.1, 0.15) is 0 Å². The van der Waals surface area contributed by atoms with Crippen LogP contribution in [0.25, 0.3) is 0 Å². The Morgan fingerprint density at radius 3 is 2.73 bits per heavy atom. The van der Waals surface area contributed by atoms with E-state index in [2.05, 4.69) is 25.6 Å². The van der Waals surface area contributed by atoms with E-state index in [1.165, 1.54) is 25.0 Å². The molecule has 2 unspecified atom stereocenters. The van der Waals surface area contributed by atoms with E-state index in [0.717, 1.165) is 11.2 Å². The fourth-order valence-corrected chi connectivity index (χ4v) is 2.96. The zero-order chi connectivity index (χ0) is 8.27. The van der Waals surface area contributed by atoms with Gasteiger partial charge in [-0.2, -0.15) is 11.8 Å². The van der Waals surface area contributed by atoms with Crippen molar-refractivity contribution in [3.05, 3.63) is 0 Å². The minimum atomic E-state index is 0.447. The largest absolute Gasteiger partial charge is 0.327 e. The molecule has 0 spiro atoms. The van der Waals surface area contributed by atoms with Crippen LogP contribution < -0.4 is 5.73 Å². The molecule has 0 bridgehead atoms. The van der Waals surface area contributed by atoms with E-state index in [1.807, 2.05) is 0 Å². The molecule has 1 aliphatic rings. The predicted molar refractivity (Wildman–Crippen MR) is 52.9 cm³/mol. The summed E-state index contributed by atoms with van der Waals surface area (Å²) in [5.41, 5.74) is 6.06. The van der Waals surface area contributed by atoms with Gasteiger partial charge < -0.3 is 5.73 Å². The first-order valence-corrected chi connectivity index (χ1v) is 5.62. The number of rotatable bonds is 3. The molecule has 2 N–H and O–H groups in total. The summed E-state index contributed by atoms with van der Waals surface area (Å²) in [5, 5.41) is 0.761. The summed E-state index contributed by atoms with van der Waals surface area (Å²) in [6, 6.07) is 0.447. The molecule has 1 aliphatic heterocycles. The van der Waals surface area contributed by atoms with E-state index in [4.69, 9.17) is 5.73 Å². The molecule has 1 heterocycles. The number of hydrogen-bond donors (Lipinski definition) is 1. The van der Waals surface area contributed by atoms with Crippen LogP contribution >= 0.6 is 11.8 Å². The Bertz CT molecular complexity index is 108. The van der Waals surface area contributed by atoms with Crippen molar-refractivity contribution >= 4 is 11.8 Å². The number of nitrogens with two attached hydrogens (primary N) is 1. The Kier molecular flexibility index (Phi) is 3.73. The van der Waals surface area contributed by atoms with E-state index in [-0.39, 0.29) is 0 Å². The molecule has 0 saturated carbocycles. The first kappa shape index (κ1) is 9.40. The van der Waals surface area contributed by atoms with E-state index in [9.17, 15) is 0 Å². The Morgan fingerprint density at radius 1 is 1.55 bits per heavy atom. The van der Waals surface area contributed by atoms with Crippen molar-refractivity contribution in [1.82, 2.24) is 0 Å². The van der Waals surface area contributed by atoms with Gasteiger partial charge in [-0.05, 0) is 30.9 Å². The summed E-state index contributed by atoms with van der Waals surface area (Å²) in [7, 11) is 0. The van der Waals surface area contributed by atoms with Gasteiger partial charge in [-0.15, -0.1) is 0 Å². The lowest BCUT2D eigenvalue weighted by atomic mass is 10.00. The van der Waals surface area contributed by atoms with E-state index in [0.29, 0.717) is 6.04 Å². The van der Waals surface area contributed by atoms with Crippen molar-refractivity contribution in [1.29, 1.82) is 0 Å². The summed E-state index contributed by atoms with van der Waals surface area (Å²) < 4.78 is 0. The molecule has 1 rings (SSSR count). The molecular formula is C9H19NS. The second-order valence-corrected chi connectivity index (χ2v) is 5.19. The Morgan fingerprint density at radius 2 is 2.27 bits per heavy atom. The van der Waals surface area contributed by atoms with Crippen LogP contribution in [0.4, 0.5) is 0 Å². The van der Waals surface area contributed by atoms with Gasteiger partial charge in [0.05, 0.1) is 0 Å². The SMILES string of the molecule is CC(C)CC(N)C1CCCS1. The second-order valence-electron chi connectivity index (χ2n) is 3.84.